The van der Waals surface area contributed by atoms with Crippen LogP contribution in [0, 0.1) is 5.92 Å². The molecule has 4 nitrogen and oxygen atoms in total. The second kappa shape index (κ2) is 5.71. The minimum Gasteiger partial charge on any atom is -0.507 e. The van der Waals surface area contributed by atoms with Gasteiger partial charge >= 0.3 is 0 Å². The van der Waals surface area contributed by atoms with Crippen molar-refractivity contribution in [2.45, 2.75) is 12.8 Å². The number of phenols is 1. The molecule has 0 unspecified atom stereocenters. The van der Waals surface area contributed by atoms with Crippen molar-refractivity contribution < 1.29 is 15.0 Å². The number of aliphatic hydroxyl groups is 1. The molecule has 1 aliphatic heterocycles. The Morgan fingerprint density at radius 1 is 1.39 bits per heavy atom. The molecule has 2 N–H and O–H groups in total. The van der Waals surface area contributed by atoms with Crippen LogP contribution < -0.4 is 0 Å². The summed E-state index contributed by atoms with van der Waals surface area (Å²) < 4.78 is 0.772. The molecular weight excluding hydrogens is 298 g/mol. The van der Waals surface area contributed by atoms with Gasteiger partial charge in [0.25, 0.3) is 5.91 Å². The van der Waals surface area contributed by atoms with Crippen LogP contribution in [0.5, 0.6) is 5.75 Å². The molecule has 0 radical (unpaired) electrons. The standard InChI is InChI=1S/C13H16BrNO3/c14-10-1-2-12(17)11(7-10)13(18)15-5-3-9(8-16)4-6-15/h1-2,7,9,16-17H,3-6,8H2. The molecule has 0 bridgehead atoms. The molecule has 0 aromatic heterocycles. The predicted octanol–water partition coefficient (Wildman–Crippen LogP) is 2.00. The van der Waals surface area contributed by atoms with Gasteiger partial charge in [-0.1, -0.05) is 15.9 Å². The lowest BCUT2D eigenvalue weighted by molar-refractivity contribution is 0.0648. The molecule has 2 rings (SSSR count). The van der Waals surface area contributed by atoms with Crippen molar-refractivity contribution in [1.29, 1.82) is 0 Å². The predicted molar refractivity (Wildman–Crippen MR) is 71.5 cm³/mol. The summed E-state index contributed by atoms with van der Waals surface area (Å²) in [4.78, 5) is 14.0. The smallest absolute Gasteiger partial charge is 0.257 e. The van der Waals surface area contributed by atoms with Gasteiger partial charge in [-0.05, 0) is 37.0 Å². The quantitative estimate of drug-likeness (QED) is 0.878. The number of likely N-dealkylation sites (tertiary alicyclic amines) is 1. The highest BCUT2D eigenvalue weighted by atomic mass is 79.9. The lowest BCUT2D eigenvalue weighted by atomic mass is 9.97. The molecule has 1 saturated heterocycles. The van der Waals surface area contributed by atoms with E-state index in [-0.39, 0.29) is 18.3 Å². The summed E-state index contributed by atoms with van der Waals surface area (Å²) in [6, 6.07) is 4.84. The Balaban J connectivity index is 2.10. The van der Waals surface area contributed by atoms with Crippen molar-refractivity contribution in [3.63, 3.8) is 0 Å². The van der Waals surface area contributed by atoms with E-state index in [0.717, 1.165) is 17.3 Å². The fraction of sp³-hybridized carbons (Fsp3) is 0.462. The highest BCUT2D eigenvalue weighted by molar-refractivity contribution is 9.10. The van der Waals surface area contributed by atoms with Crippen molar-refractivity contribution in [3.8, 4) is 5.75 Å². The normalized spacial score (nSPS) is 16.9. The largest absolute Gasteiger partial charge is 0.507 e. The molecule has 1 aromatic rings. The summed E-state index contributed by atoms with van der Waals surface area (Å²) >= 11 is 3.29. The van der Waals surface area contributed by atoms with Crippen molar-refractivity contribution in [2.24, 2.45) is 5.92 Å². The van der Waals surface area contributed by atoms with Crippen molar-refractivity contribution >= 4 is 21.8 Å². The average Bonchev–Trinajstić information content (AvgIpc) is 2.41. The van der Waals surface area contributed by atoms with Gasteiger partial charge in [-0.15, -0.1) is 0 Å². The number of hydrogen-bond donors (Lipinski definition) is 2. The fourth-order valence-corrected chi connectivity index (χ4v) is 2.53. The molecular formula is C13H16BrNO3. The summed E-state index contributed by atoms with van der Waals surface area (Å²) in [5, 5.41) is 18.8. The number of benzene rings is 1. The molecule has 1 aliphatic rings. The van der Waals surface area contributed by atoms with Crippen LogP contribution in [0.4, 0.5) is 0 Å². The van der Waals surface area contributed by atoms with Crippen LogP contribution in [-0.4, -0.2) is 40.7 Å². The third-order valence-corrected chi connectivity index (χ3v) is 3.84. The number of carbonyl (C=O) groups is 1. The van der Waals surface area contributed by atoms with Gasteiger partial charge in [0.05, 0.1) is 5.56 Å². The van der Waals surface area contributed by atoms with E-state index in [0.29, 0.717) is 24.6 Å². The minimum absolute atomic E-state index is 0.00693. The van der Waals surface area contributed by atoms with Crippen LogP contribution in [0.25, 0.3) is 0 Å². The topological polar surface area (TPSA) is 60.8 Å². The first kappa shape index (κ1) is 13.4. The number of phenolic OH excluding ortho intramolecular Hbond substituents is 1. The van der Waals surface area contributed by atoms with Gasteiger partial charge in [0, 0.05) is 24.2 Å². The number of hydrogen-bond acceptors (Lipinski definition) is 3. The number of halogens is 1. The van der Waals surface area contributed by atoms with Crippen molar-refractivity contribution in [3.05, 3.63) is 28.2 Å². The van der Waals surface area contributed by atoms with E-state index in [1.165, 1.54) is 6.07 Å². The SMILES string of the molecule is O=C(c1cc(Br)ccc1O)N1CCC(CO)CC1. The van der Waals surface area contributed by atoms with Gasteiger partial charge in [0.15, 0.2) is 0 Å². The lowest BCUT2D eigenvalue weighted by Crippen LogP contribution is -2.39. The first-order valence-corrected chi connectivity index (χ1v) is 6.79. The zero-order valence-corrected chi connectivity index (χ0v) is 11.6. The van der Waals surface area contributed by atoms with E-state index in [1.54, 1.807) is 17.0 Å². The second-order valence-electron chi connectivity index (χ2n) is 4.58. The van der Waals surface area contributed by atoms with Gasteiger partial charge in [-0.3, -0.25) is 4.79 Å². The van der Waals surface area contributed by atoms with Gasteiger partial charge in [0.1, 0.15) is 5.75 Å². The van der Waals surface area contributed by atoms with E-state index in [9.17, 15) is 9.90 Å². The summed E-state index contributed by atoms with van der Waals surface area (Å²) in [5.74, 6) is 0.155. The van der Waals surface area contributed by atoms with Crippen molar-refractivity contribution in [2.75, 3.05) is 19.7 Å². The highest BCUT2D eigenvalue weighted by Crippen LogP contribution is 2.25. The Bertz CT molecular complexity index is 442. The van der Waals surface area contributed by atoms with E-state index in [4.69, 9.17) is 5.11 Å². The Kier molecular flexibility index (Phi) is 4.24. The Morgan fingerprint density at radius 2 is 2.06 bits per heavy atom. The third kappa shape index (κ3) is 2.84. The highest BCUT2D eigenvalue weighted by Gasteiger charge is 2.24. The number of amides is 1. The van der Waals surface area contributed by atoms with Gasteiger partial charge in [-0.2, -0.15) is 0 Å². The molecule has 0 saturated carbocycles. The number of rotatable bonds is 2. The maximum absolute atomic E-state index is 12.3. The van der Waals surface area contributed by atoms with Crippen molar-refractivity contribution in [1.82, 2.24) is 4.90 Å². The van der Waals surface area contributed by atoms with E-state index >= 15 is 0 Å². The van der Waals surface area contributed by atoms with Crippen LogP contribution >= 0.6 is 15.9 Å². The molecule has 1 amide bonds. The number of aromatic hydroxyl groups is 1. The summed E-state index contributed by atoms with van der Waals surface area (Å²) in [5.41, 5.74) is 0.326. The van der Waals surface area contributed by atoms with Gasteiger partial charge in [-0.25, -0.2) is 0 Å². The third-order valence-electron chi connectivity index (χ3n) is 3.35. The monoisotopic (exact) mass is 313 g/mol. The lowest BCUT2D eigenvalue weighted by Gasteiger charge is -2.31. The number of carbonyl (C=O) groups excluding carboxylic acids is 1. The number of aliphatic hydroxyl groups excluding tert-OH is 1. The molecule has 0 aliphatic carbocycles. The molecule has 1 aromatic carbocycles. The van der Waals surface area contributed by atoms with E-state index in [1.807, 2.05) is 0 Å². The van der Waals surface area contributed by atoms with Crippen LogP contribution in [0.1, 0.15) is 23.2 Å². The van der Waals surface area contributed by atoms with E-state index in [2.05, 4.69) is 15.9 Å². The second-order valence-corrected chi connectivity index (χ2v) is 5.50. The fourth-order valence-electron chi connectivity index (χ4n) is 2.17. The first-order chi connectivity index (χ1) is 8.61. The van der Waals surface area contributed by atoms with Crippen LogP contribution in [0.2, 0.25) is 0 Å². The Morgan fingerprint density at radius 3 is 2.67 bits per heavy atom. The summed E-state index contributed by atoms with van der Waals surface area (Å²) in [7, 11) is 0. The average molecular weight is 314 g/mol. The zero-order chi connectivity index (χ0) is 13.1. The Hall–Kier alpha value is -1.07. The Labute approximate surface area is 114 Å². The maximum Gasteiger partial charge on any atom is 0.257 e. The molecule has 98 valence electrons. The minimum atomic E-state index is -0.148. The van der Waals surface area contributed by atoms with Crippen LogP contribution in [0.15, 0.2) is 22.7 Å². The molecule has 0 spiro atoms. The molecule has 18 heavy (non-hydrogen) atoms. The zero-order valence-electron chi connectivity index (χ0n) is 9.97. The van der Waals surface area contributed by atoms with E-state index < -0.39 is 0 Å². The molecule has 5 heteroatoms. The summed E-state index contributed by atoms with van der Waals surface area (Å²) in [6.45, 7) is 1.45. The van der Waals surface area contributed by atoms with Crippen LogP contribution in [0.3, 0.4) is 0 Å². The maximum atomic E-state index is 12.3. The number of piperidine rings is 1. The van der Waals surface area contributed by atoms with Crippen LogP contribution in [-0.2, 0) is 0 Å². The summed E-state index contributed by atoms with van der Waals surface area (Å²) in [6.07, 6.45) is 1.63. The number of nitrogens with zero attached hydrogens (tertiary/aromatic N) is 1. The molecule has 0 atom stereocenters. The molecule has 1 heterocycles. The van der Waals surface area contributed by atoms with Gasteiger partial charge in [0.2, 0.25) is 0 Å². The first-order valence-electron chi connectivity index (χ1n) is 6.00. The van der Waals surface area contributed by atoms with Gasteiger partial charge < -0.3 is 15.1 Å². The molecule has 1 fully saturated rings.